The molecule has 1 aromatic rings. The van der Waals surface area contributed by atoms with Crippen LogP contribution < -0.4 is 0 Å². The van der Waals surface area contributed by atoms with Crippen LogP contribution >= 0.6 is 0 Å². The lowest BCUT2D eigenvalue weighted by Crippen LogP contribution is -2.46. The standard InChI is InChI=1S/C16H22F2N2O3S/c1-3-19(4-2)16(21)12-7-6-10-20(11-12)24(22,23)15-13(17)8-5-9-14(15)18/h5,8-9,12H,3-4,6-7,10-11H2,1-2H3. The highest BCUT2D eigenvalue weighted by atomic mass is 32.2. The molecule has 1 atom stereocenters. The van der Waals surface area contributed by atoms with Gasteiger partial charge in [0.05, 0.1) is 5.92 Å². The topological polar surface area (TPSA) is 57.7 Å². The van der Waals surface area contributed by atoms with Crippen LogP contribution in [0.25, 0.3) is 0 Å². The van der Waals surface area contributed by atoms with Gasteiger partial charge in [-0.3, -0.25) is 4.79 Å². The van der Waals surface area contributed by atoms with Crippen LogP contribution in [-0.4, -0.2) is 49.7 Å². The van der Waals surface area contributed by atoms with E-state index in [-0.39, 0.29) is 19.0 Å². The molecule has 1 amide bonds. The van der Waals surface area contributed by atoms with Gasteiger partial charge in [-0.1, -0.05) is 6.07 Å². The van der Waals surface area contributed by atoms with Crippen LogP contribution in [0.15, 0.2) is 23.1 Å². The zero-order valence-corrected chi connectivity index (χ0v) is 14.7. The molecule has 5 nitrogen and oxygen atoms in total. The van der Waals surface area contributed by atoms with Crippen LogP contribution in [0.5, 0.6) is 0 Å². The zero-order valence-electron chi connectivity index (χ0n) is 13.8. The minimum Gasteiger partial charge on any atom is -0.343 e. The Morgan fingerprint density at radius 3 is 2.38 bits per heavy atom. The molecule has 0 radical (unpaired) electrons. The molecule has 1 aliphatic heterocycles. The Morgan fingerprint density at radius 2 is 1.83 bits per heavy atom. The van der Waals surface area contributed by atoms with Gasteiger partial charge in [-0.15, -0.1) is 0 Å². The molecule has 0 saturated carbocycles. The summed E-state index contributed by atoms with van der Waals surface area (Å²) in [6.45, 7) is 4.89. The number of carbonyl (C=O) groups is 1. The summed E-state index contributed by atoms with van der Waals surface area (Å²) in [5, 5.41) is 0. The molecule has 8 heteroatoms. The van der Waals surface area contributed by atoms with Crippen molar-refractivity contribution in [1.29, 1.82) is 0 Å². The summed E-state index contributed by atoms with van der Waals surface area (Å²) in [6.07, 6.45) is 1.05. The van der Waals surface area contributed by atoms with Crippen molar-refractivity contribution in [3.8, 4) is 0 Å². The van der Waals surface area contributed by atoms with E-state index in [4.69, 9.17) is 0 Å². The lowest BCUT2D eigenvalue weighted by molar-refractivity contribution is -0.136. The highest BCUT2D eigenvalue weighted by molar-refractivity contribution is 7.89. The maximum atomic E-state index is 13.9. The van der Waals surface area contributed by atoms with Crippen LogP contribution in [0.1, 0.15) is 26.7 Å². The summed E-state index contributed by atoms with van der Waals surface area (Å²) in [5.41, 5.74) is 0. The van der Waals surface area contributed by atoms with Gasteiger partial charge in [0.25, 0.3) is 0 Å². The molecule has 1 heterocycles. The number of halogens is 2. The van der Waals surface area contributed by atoms with Crippen LogP contribution in [0.3, 0.4) is 0 Å². The highest BCUT2D eigenvalue weighted by Crippen LogP contribution is 2.27. The first kappa shape index (κ1) is 18.8. The summed E-state index contributed by atoms with van der Waals surface area (Å²) in [7, 11) is -4.32. The first-order valence-corrected chi connectivity index (χ1v) is 9.49. The Kier molecular flexibility index (Phi) is 5.92. The van der Waals surface area contributed by atoms with E-state index in [2.05, 4.69) is 0 Å². The van der Waals surface area contributed by atoms with Gasteiger partial charge >= 0.3 is 0 Å². The molecular weight excluding hydrogens is 338 g/mol. The second-order valence-corrected chi connectivity index (χ2v) is 7.64. The molecule has 1 aromatic carbocycles. The fourth-order valence-corrected chi connectivity index (χ4v) is 4.65. The molecule has 24 heavy (non-hydrogen) atoms. The number of piperidine rings is 1. The molecule has 1 saturated heterocycles. The smallest absolute Gasteiger partial charge is 0.248 e. The molecule has 0 aliphatic carbocycles. The summed E-state index contributed by atoms with van der Waals surface area (Å²) < 4.78 is 54.0. The predicted octanol–water partition coefficient (Wildman–Crippen LogP) is 2.23. The Morgan fingerprint density at radius 1 is 1.25 bits per heavy atom. The van der Waals surface area contributed by atoms with Crippen molar-refractivity contribution in [3.63, 3.8) is 0 Å². The van der Waals surface area contributed by atoms with E-state index in [0.717, 1.165) is 22.5 Å². The first-order valence-electron chi connectivity index (χ1n) is 8.05. The number of amides is 1. The van der Waals surface area contributed by atoms with Crippen molar-refractivity contribution in [3.05, 3.63) is 29.8 Å². The normalized spacial score (nSPS) is 19.2. The molecule has 0 N–H and O–H groups in total. The summed E-state index contributed by atoms with van der Waals surface area (Å²) >= 11 is 0. The molecule has 1 unspecified atom stereocenters. The van der Waals surface area contributed by atoms with Gasteiger partial charge < -0.3 is 4.90 Å². The number of hydrogen-bond donors (Lipinski definition) is 0. The predicted molar refractivity (Wildman–Crippen MR) is 85.8 cm³/mol. The lowest BCUT2D eigenvalue weighted by atomic mass is 9.98. The number of hydrogen-bond acceptors (Lipinski definition) is 3. The van der Waals surface area contributed by atoms with Crippen molar-refractivity contribution in [1.82, 2.24) is 9.21 Å². The lowest BCUT2D eigenvalue weighted by Gasteiger charge is -2.33. The Bertz CT molecular complexity index is 685. The maximum Gasteiger partial charge on any atom is 0.248 e. The van der Waals surface area contributed by atoms with Crippen molar-refractivity contribution in [2.45, 2.75) is 31.6 Å². The summed E-state index contributed by atoms with van der Waals surface area (Å²) in [6, 6.07) is 2.95. The Hall–Kier alpha value is -1.54. The van der Waals surface area contributed by atoms with E-state index in [1.54, 1.807) is 4.90 Å². The van der Waals surface area contributed by atoms with E-state index in [9.17, 15) is 22.0 Å². The van der Waals surface area contributed by atoms with Crippen molar-refractivity contribution < 1.29 is 22.0 Å². The van der Waals surface area contributed by atoms with Gasteiger partial charge in [-0.05, 0) is 38.8 Å². The molecule has 134 valence electrons. The van der Waals surface area contributed by atoms with Gasteiger partial charge in [-0.25, -0.2) is 17.2 Å². The fourth-order valence-electron chi connectivity index (χ4n) is 3.01. The third-order valence-corrected chi connectivity index (χ3v) is 6.24. The van der Waals surface area contributed by atoms with E-state index in [0.29, 0.717) is 25.9 Å². The number of carbonyl (C=O) groups excluding carboxylic acids is 1. The van der Waals surface area contributed by atoms with Gasteiger partial charge in [-0.2, -0.15) is 4.31 Å². The molecule has 2 rings (SSSR count). The quantitative estimate of drug-likeness (QED) is 0.809. The Labute approximate surface area is 141 Å². The largest absolute Gasteiger partial charge is 0.343 e. The first-order chi connectivity index (χ1) is 11.3. The number of rotatable bonds is 5. The third-order valence-electron chi connectivity index (χ3n) is 4.33. The van der Waals surface area contributed by atoms with Crippen LogP contribution in [-0.2, 0) is 14.8 Å². The second-order valence-electron chi connectivity index (χ2n) is 5.76. The van der Waals surface area contributed by atoms with Gasteiger partial charge in [0.1, 0.15) is 11.6 Å². The third kappa shape index (κ3) is 3.59. The van der Waals surface area contributed by atoms with Crippen LogP contribution in [0.2, 0.25) is 0 Å². The van der Waals surface area contributed by atoms with E-state index in [1.165, 1.54) is 0 Å². The van der Waals surface area contributed by atoms with Gasteiger partial charge in [0, 0.05) is 26.2 Å². The van der Waals surface area contributed by atoms with Crippen LogP contribution in [0.4, 0.5) is 8.78 Å². The summed E-state index contributed by atoms with van der Waals surface area (Å²) in [5.74, 6) is -2.84. The van der Waals surface area contributed by atoms with Crippen molar-refractivity contribution >= 4 is 15.9 Å². The monoisotopic (exact) mass is 360 g/mol. The van der Waals surface area contributed by atoms with Gasteiger partial charge in [0.15, 0.2) is 4.90 Å². The van der Waals surface area contributed by atoms with Crippen molar-refractivity contribution in [2.75, 3.05) is 26.2 Å². The molecular formula is C16H22F2N2O3S. The molecule has 0 spiro atoms. The minimum absolute atomic E-state index is 0.0502. The van der Waals surface area contributed by atoms with E-state index in [1.807, 2.05) is 13.8 Å². The summed E-state index contributed by atoms with van der Waals surface area (Å²) in [4.78, 5) is 13.2. The Balaban J connectivity index is 2.27. The minimum atomic E-state index is -4.32. The molecule has 0 aromatic heterocycles. The number of benzene rings is 1. The number of sulfonamides is 1. The van der Waals surface area contributed by atoms with Crippen molar-refractivity contribution in [2.24, 2.45) is 5.92 Å². The van der Waals surface area contributed by atoms with Crippen LogP contribution in [0, 0.1) is 17.6 Å². The molecule has 0 bridgehead atoms. The van der Waals surface area contributed by atoms with E-state index < -0.39 is 32.5 Å². The van der Waals surface area contributed by atoms with E-state index >= 15 is 0 Å². The second kappa shape index (κ2) is 7.57. The average Bonchev–Trinajstić information content (AvgIpc) is 2.55. The fraction of sp³-hybridized carbons (Fsp3) is 0.562. The zero-order chi connectivity index (χ0) is 17.9. The molecule has 1 aliphatic rings. The number of nitrogens with zero attached hydrogens (tertiary/aromatic N) is 2. The maximum absolute atomic E-state index is 13.9. The average molecular weight is 360 g/mol. The SMILES string of the molecule is CCN(CC)C(=O)C1CCCN(S(=O)(=O)c2c(F)cccc2F)C1. The van der Waals surface area contributed by atoms with Gasteiger partial charge in [0.2, 0.25) is 15.9 Å². The highest BCUT2D eigenvalue weighted by Gasteiger charge is 2.37. The molecule has 1 fully saturated rings.